The van der Waals surface area contributed by atoms with E-state index in [1.165, 1.54) is 0 Å². The third-order valence-corrected chi connectivity index (χ3v) is 5.62. The van der Waals surface area contributed by atoms with E-state index in [0.717, 1.165) is 35.2 Å². The smallest absolute Gasteiger partial charge is 0.321 e. The first kappa shape index (κ1) is 19.9. The van der Waals surface area contributed by atoms with Crippen molar-refractivity contribution in [3.8, 4) is 0 Å². The number of likely N-dealkylation sites (tertiary alicyclic amines) is 1. The van der Waals surface area contributed by atoms with Gasteiger partial charge in [0.05, 0.1) is 5.41 Å². The number of anilines is 1. The highest BCUT2D eigenvalue weighted by molar-refractivity contribution is 5.91. The summed E-state index contributed by atoms with van der Waals surface area (Å²) in [5.74, 6) is 0.00384. The van der Waals surface area contributed by atoms with Gasteiger partial charge in [-0.1, -0.05) is 42.5 Å². The number of piperidine rings is 1. The van der Waals surface area contributed by atoms with E-state index in [-0.39, 0.29) is 11.9 Å². The molecule has 0 saturated carbocycles. The van der Waals surface area contributed by atoms with Crippen molar-refractivity contribution in [3.05, 3.63) is 65.2 Å². The van der Waals surface area contributed by atoms with E-state index in [1.807, 2.05) is 69.3 Å². The van der Waals surface area contributed by atoms with Gasteiger partial charge < -0.3 is 15.5 Å². The Hall–Kier alpha value is -2.82. The normalized spacial score (nSPS) is 19.2. The number of hydrogen-bond donors (Lipinski definition) is 2. The summed E-state index contributed by atoms with van der Waals surface area (Å²) < 4.78 is 0. The first-order chi connectivity index (χ1) is 13.4. The fraction of sp³-hybridized carbons (Fsp3) is 0.391. The molecule has 148 valence electrons. The molecule has 1 aliphatic rings. The van der Waals surface area contributed by atoms with Crippen LogP contribution in [0.3, 0.4) is 0 Å². The lowest BCUT2D eigenvalue weighted by Gasteiger charge is -2.39. The maximum Gasteiger partial charge on any atom is 0.321 e. The van der Waals surface area contributed by atoms with Gasteiger partial charge in [0.1, 0.15) is 0 Å². The van der Waals surface area contributed by atoms with Crippen molar-refractivity contribution in [1.29, 1.82) is 0 Å². The van der Waals surface area contributed by atoms with Crippen LogP contribution in [0.25, 0.3) is 0 Å². The molecule has 0 spiro atoms. The van der Waals surface area contributed by atoms with Crippen LogP contribution < -0.4 is 10.6 Å². The van der Waals surface area contributed by atoms with Crippen molar-refractivity contribution in [3.63, 3.8) is 0 Å². The lowest BCUT2D eigenvalue weighted by molar-refractivity contribution is -0.132. The zero-order valence-electron chi connectivity index (χ0n) is 16.9. The Morgan fingerprint density at radius 2 is 1.71 bits per heavy atom. The first-order valence-corrected chi connectivity index (χ1v) is 9.83. The average Bonchev–Trinajstić information content (AvgIpc) is 2.69. The molecule has 1 fully saturated rings. The summed E-state index contributed by atoms with van der Waals surface area (Å²) in [5.41, 5.74) is 3.53. The minimum absolute atomic E-state index is 0.00384. The molecule has 2 aromatic carbocycles. The highest BCUT2D eigenvalue weighted by atomic mass is 16.2. The monoisotopic (exact) mass is 379 g/mol. The molecule has 1 atom stereocenters. The Labute approximate surface area is 167 Å². The largest absolute Gasteiger partial charge is 0.351 e. The highest BCUT2D eigenvalue weighted by Crippen LogP contribution is 2.30. The number of amides is 3. The molecule has 5 heteroatoms. The Bertz CT molecular complexity index is 864. The summed E-state index contributed by atoms with van der Waals surface area (Å²) in [6.45, 7) is 7.56. The van der Waals surface area contributed by atoms with E-state index in [2.05, 4.69) is 10.6 Å². The van der Waals surface area contributed by atoms with Gasteiger partial charge in [0.2, 0.25) is 5.91 Å². The first-order valence-electron chi connectivity index (χ1n) is 9.83. The summed E-state index contributed by atoms with van der Waals surface area (Å²) in [6.07, 6.45) is 1.59. The van der Waals surface area contributed by atoms with Gasteiger partial charge in [0, 0.05) is 25.3 Å². The van der Waals surface area contributed by atoms with E-state index in [1.54, 1.807) is 4.90 Å². The summed E-state index contributed by atoms with van der Waals surface area (Å²) in [6, 6.07) is 15.6. The Kier molecular flexibility index (Phi) is 6.02. The number of nitrogens with zero attached hydrogens (tertiary/aromatic N) is 1. The third-order valence-electron chi connectivity index (χ3n) is 5.62. The minimum Gasteiger partial charge on any atom is -0.351 e. The molecule has 2 N–H and O–H groups in total. The summed E-state index contributed by atoms with van der Waals surface area (Å²) in [5, 5.41) is 6.05. The van der Waals surface area contributed by atoms with Crippen molar-refractivity contribution >= 4 is 17.6 Å². The van der Waals surface area contributed by atoms with Gasteiger partial charge >= 0.3 is 6.03 Å². The Morgan fingerprint density at radius 1 is 1.04 bits per heavy atom. The number of rotatable bonds is 4. The Balaban J connectivity index is 1.62. The van der Waals surface area contributed by atoms with E-state index < -0.39 is 5.41 Å². The van der Waals surface area contributed by atoms with Crippen LogP contribution in [0.1, 0.15) is 36.5 Å². The molecule has 0 bridgehead atoms. The number of hydrogen-bond acceptors (Lipinski definition) is 2. The van der Waals surface area contributed by atoms with Crippen molar-refractivity contribution in [1.82, 2.24) is 10.2 Å². The zero-order valence-corrected chi connectivity index (χ0v) is 16.9. The van der Waals surface area contributed by atoms with Crippen LogP contribution in [0.4, 0.5) is 10.5 Å². The number of carbonyl (C=O) groups excluding carboxylic acids is 2. The molecule has 1 aliphatic heterocycles. The molecule has 3 amide bonds. The van der Waals surface area contributed by atoms with Crippen molar-refractivity contribution in [2.24, 2.45) is 5.41 Å². The zero-order chi connectivity index (χ0) is 20.1. The van der Waals surface area contributed by atoms with Crippen molar-refractivity contribution in [2.45, 2.75) is 40.2 Å². The van der Waals surface area contributed by atoms with Crippen LogP contribution in [-0.2, 0) is 11.3 Å². The van der Waals surface area contributed by atoms with Gasteiger partial charge in [-0.15, -0.1) is 0 Å². The van der Waals surface area contributed by atoms with Gasteiger partial charge in [-0.05, 0) is 56.4 Å². The maximum absolute atomic E-state index is 12.9. The van der Waals surface area contributed by atoms with Crippen molar-refractivity contribution in [2.75, 3.05) is 18.4 Å². The van der Waals surface area contributed by atoms with Crippen LogP contribution in [-0.4, -0.2) is 29.9 Å². The summed E-state index contributed by atoms with van der Waals surface area (Å²) in [7, 11) is 0. The predicted octanol–water partition coefficient (Wildman–Crippen LogP) is 4.25. The molecular weight excluding hydrogens is 350 g/mol. The second-order valence-corrected chi connectivity index (χ2v) is 7.94. The number of para-hydroxylation sites is 1. The molecule has 1 heterocycles. The lowest BCUT2D eigenvalue weighted by Crippen LogP contribution is -2.52. The fourth-order valence-corrected chi connectivity index (χ4v) is 3.70. The van der Waals surface area contributed by atoms with Gasteiger partial charge in [-0.25, -0.2) is 4.79 Å². The second-order valence-electron chi connectivity index (χ2n) is 7.94. The van der Waals surface area contributed by atoms with E-state index in [9.17, 15) is 9.59 Å². The average molecular weight is 380 g/mol. The third kappa shape index (κ3) is 4.53. The van der Waals surface area contributed by atoms with E-state index in [0.29, 0.717) is 19.6 Å². The van der Waals surface area contributed by atoms with E-state index >= 15 is 0 Å². The Morgan fingerprint density at radius 3 is 2.43 bits per heavy atom. The quantitative estimate of drug-likeness (QED) is 0.834. The topological polar surface area (TPSA) is 61.4 Å². The predicted molar refractivity (Wildman–Crippen MR) is 112 cm³/mol. The van der Waals surface area contributed by atoms with Crippen LogP contribution in [0.15, 0.2) is 48.5 Å². The lowest BCUT2D eigenvalue weighted by atomic mass is 9.81. The summed E-state index contributed by atoms with van der Waals surface area (Å²) >= 11 is 0. The molecule has 5 nitrogen and oxygen atoms in total. The molecule has 3 rings (SSSR count). The van der Waals surface area contributed by atoms with Crippen molar-refractivity contribution < 1.29 is 9.59 Å². The van der Waals surface area contributed by atoms with Gasteiger partial charge in [0.25, 0.3) is 0 Å². The van der Waals surface area contributed by atoms with Crippen LogP contribution in [0, 0.1) is 19.3 Å². The SMILES string of the molecule is Cc1ccccc1CNC(=O)[C@@]1(C)CCCN(C(=O)Nc2ccccc2C)C1. The number of carbonyl (C=O) groups is 2. The molecule has 0 radical (unpaired) electrons. The van der Waals surface area contributed by atoms with Crippen LogP contribution in [0.2, 0.25) is 0 Å². The standard InChI is InChI=1S/C23H29N3O2/c1-17-9-4-6-11-19(17)15-24-21(27)23(3)13-8-14-26(16-23)22(28)25-20-12-7-5-10-18(20)2/h4-7,9-12H,8,13-16H2,1-3H3,(H,24,27)(H,25,28)/t23-/m0/s1. The second kappa shape index (κ2) is 8.46. The number of benzene rings is 2. The number of aryl methyl sites for hydroxylation is 2. The number of urea groups is 1. The number of nitrogens with one attached hydrogen (secondary N) is 2. The van der Waals surface area contributed by atoms with E-state index in [4.69, 9.17) is 0 Å². The van der Waals surface area contributed by atoms with Crippen LogP contribution >= 0.6 is 0 Å². The van der Waals surface area contributed by atoms with Gasteiger partial charge in [-0.3, -0.25) is 4.79 Å². The fourth-order valence-electron chi connectivity index (χ4n) is 3.70. The molecule has 0 unspecified atom stereocenters. The molecule has 28 heavy (non-hydrogen) atoms. The molecule has 1 saturated heterocycles. The molecule has 0 aliphatic carbocycles. The molecule has 0 aromatic heterocycles. The van der Waals surface area contributed by atoms with Gasteiger partial charge in [-0.2, -0.15) is 0 Å². The summed E-state index contributed by atoms with van der Waals surface area (Å²) in [4.78, 5) is 27.4. The van der Waals surface area contributed by atoms with Crippen LogP contribution in [0.5, 0.6) is 0 Å². The molecule has 2 aromatic rings. The highest BCUT2D eigenvalue weighted by Gasteiger charge is 2.39. The maximum atomic E-state index is 12.9. The minimum atomic E-state index is -0.579. The molecular formula is C23H29N3O2. The van der Waals surface area contributed by atoms with Gasteiger partial charge in [0.15, 0.2) is 0 Å².